The minimum Gasteiger partial charge on any atom is -0.318 e. The van der Waals surface area contributed by atoms with Gasteiger partial charge in [-0.05, 0) is 30.3 Å². The molecule has 1 aliphatic heterocycles. The molecule has 0 saturated carbocycles. The highest BCUT2D eigenvalue weighted by Crippen LogP contribution is 2.31. The molecular weight excluding hydrogens is 359 g/mol. The first-order valence-electron chi connectivity index (χ1n) is 6.99. The zero-order valence-electron chi connectivity index (χ0n) is 12.3. The molecule has 0 fully saturated rings. The van der Waals surface area contributed by atoms with Crippen LogP contribution in [0.15, 0.2) is 52.4 Å². The van der Waals surface area contributed by atoms with Gasteiger partial charge < -0.3 is 5.32 Å². The van der Waals surface area contributed by atoms with Gasteiger partial charge in [-0.2, -0.15) is 13.2 Å². The minimum atomic E-state index is -5.07. The van der Waals surface area contributed by atoms with Crippen molar-refractivity contribution >= 4 is 29.1 Å². The fraction of sp³-hybridized carbons (Fsp3) is 0.125. The van der Waals surface area contributed by atoms with Gasteiger partial charge in [0.15, 0.2) is 6.04 Å². The summed E-state index contributed by atoms with van der Waals surface area (Å²) >= 11 is 5.89. The van der Waals surface area contributed by atoms with Gasteiger partial charge in [0, 0.05) is 16.3 Å². The predicted octanol–water partition coefficient (Wildman–Crippen LogP) is 2.36. The third-order valence-corrected chi connectivity index (χ3v) is 3.66. The number of carbonyl (C=O) groups is 2. The number of hydrogen-bond acceptors (Lipinski definition) is 3. The van der Waals surface area contributed by atoms with E-state index in [1.165, 1.54) is 18.2 Å². The Morgan fingerprint density at radius 2 is 1.80 bits per heavy atom. The Balaban J connectivity index is 2.08. The van der Waals surface area contributed by atoms with Crippen molar-refractivity contribution in [1.82, 2.24) is 0 Å². The zero-order valence-corrected chi connectivity index (χ0v) is 13.1. The van der Waals surface area contributed by atoms with E-state index in [2.05, 4.69) is 9.98 Å². The summed E-state index contributed by atoms with van der Waals surface area (Å²) in [6.07, 6.45) is -5.07. The summed E-state index contributed by atoms with van der Waals surface area (Å²) in [4.78, 5) is 31.6. The highest BCUT2D eigenvalue weighted by Gasteiger charge is 2.39. The number of amides is 2. The van der Waals surface area contributed by atoms with E-state index >= 15 is 0 Å². The minimum absolute atomic E-state index is 0.0355. The van der Waals surface area contributed by atoms with Crippen LogP contribution in [0.3, 0.4) is 0 Å². The number of nitrogens with one attached hydrogen (secondary N) is 1. The Bertz CT molecular complexity index is 989. The van der Waals surface area contributed by atoms with E-state index < -0.39 is 24.0 Å². The number of hydrogen-bond donors (Lipinski definition) is 1. The Morgan fingerprint density at radius 3 is 2.48 bits per heavy atom. The van der Waals surface area contributed by atoms with Crippen LogP contribution in [0.5, 0.6) is 0 Å². The highest BCUT2D eigenvalue weighted by atomic mass is 35.5. The number of alkyl halides is 3. The molecule has 5 nitrogen and oxygen atoms in total. The van der Waals surface area contributed by atoms with E-state index in [1.807, 2.05) is 0 Å². The lowest BCUT2D eigenvalue weighted by atomic mass is 10.0. The summed E-state index contributed by atoms with van der Waals surface area (Å²) in [5.74, 6) is -2.82. The third kappa shape index (κ3) is 3.53. The molecule has 25 heavy (non-hydrogen) atoms. The van der Waals surface area contributed by atoms with Crippen molar-refractivity contribution in [3.05, 3.63) is 63.8 Å². The number of rotatable bonds is 2. The summed E-state index contributed by atoms with van der Waals surface area (Å²) in [6.45, 7) is 0. The summed E-state index contributed by atoms with van der Waals surface area (Å²) in [7, 11) is 0. The Morgan fingerprint density at radius 1 is 1.12 bits per heavy atom. The number of fused-ring (bicyclic) bond motifs is 1. The van der Waals surface area contributed by atoms with Gasteiger partial charge in [-0.3, -0.25) is 14.6 Å². The summed E-state index contributed by atoms with van der Waals surface area (Å²) in [5, 5.41) is 2.71. The lowest BCUT2D eigenvalue weighted by Gasteiger charge is -2.17. The van der Waals surface area contributed by atoms with Crippen LogP contribution in [0.25, 0.3) is 0 Å². The average molecular weight is 368 g/mol. The normalized spacial score (nSPS) is 16.5. The molecular formula is C16H9ClF3N3O2. The molecule has 1 atom stereocenters. The standard InChI is InChI=1S/C16H9ClF3N3O2/c17-8-5-6-10(23-15(25)16(18,19)20)9(7-8)13-14(24)22-12-4-2-1-3-11(12)21-13/h1-7,13H,(H,23,25). The molecule has 2 aromatic rings. The van der Waals surface area contributed by atoms with Crippen LogP contribution in [0.1, 0.15) is 11.6 Å². The Labute approximate surface area is 143 Å². The molecule has 0 spiro atoms. The van der Waals surface area contributed by atoms with Gasteiger partial charge in [-0.1, -0.05) is 23.7 Å². The predicted molar refractivity (Wildman–Crippen MR) is 82.6 cm³/mol. The van der Waals surface area contributed by atoms with E-state index in [1.54, 1.807) is 29.6 Å². The molecule has 0 aliphatic carbocycles. The molecule has 2 amide bonds. The van der Waals surface area contributed by atoms with Crippen LogP contribution in [0, 0.1) is 0 Å². The molecule has 0 radical (unpaired) electrons. The molecule has 128 valence electrons. The first-order valence-corrected chi connectivity index (χ1v) is 7.36. The van der Waals surface area contributed by atoms with Crippen LogP contribution in [0.4, 0.5) is 18.9 Å². The van der Waals surface area contributed by atoms with E-state index in [9.17, 15) is 22.8 Å². The largest absolute Gasteiger partial charge is 0.471 e. The van der Waals surface area contributed by atoms with Gasteiger partial charge >= 0.3 is 12.1 Å². The molecule has 1 heterocycles. The third-order valence-electron chi connectivity index (χ3n) is 3.43. The highest BCUT2D eigenvalue weighted by molar-refractivity contribution is 6.30. The molecule has 0 aromatic heterocycles. The number of carbonyl (C=O) groups excluding carboxylic acids is 2. The van der Waals surface area contributed by atoms with Gasteiger partial charge in [-0.25, -0.2) is 4.99 Å². The van der Waals surface area contributed by atoms with Crippen molar-refractivity contribution in [2.45, 2.75) is 12.2 Å². The van der Waals surface area contributed by atoms with Crippen molar-refractivity contribution < 1.29 is 22.8 Å². The molecule has 3 rings (SSSR count). The van der Waals surface area contributed by atoms with Crippen LogP contribution >= 0.6 is 11.6 Å². The monoisotopic (exact) mass is 367 g/mol. The SMILES string of the molecule is O=C1N=c2ccccc2=NC1c1cc(Cl)ccc1NC(=O)C(F)(F)F. The number of nitrogens with zero attached hydrogens (tertiary/aromatic N) is 2. The second kappa shape index (κ2) is 6.29. The van der Waals surface area contributed by atoms with Crippen molar-refractivity contribution in [3.63, 3.8) is 0 Å². The van der Waals surface area contributed by atoms with Gasteiger partial charge in [0.2, 0.25) is 0 Å². The molecule has 0 bridgehead atoms. The second-order valence-electron chi connectivity index (χ2n) is 5.15. The maximum Gasteiger partial charge on any atom is 0.471 e. The fourth-order valence-corrected chi connectivity index (χ4v) is 2.49. The van der Waals surface area contributed by atoms with E-state index in [0.29, 0.717) is 10.7 Å². The summed E-state index contributed by atoms with van der Waals surface area (Å²) in [6, 6.07) is 9.16. The Hall–Kier alpha value is -2.74. The van der Waals surface area contributed by atoms with Crippen LogP contribution in [-0.2, 0) is 9.59 Å². The molecule has 1 unspecified atom stereocenters. The number of anilines is 1. The lowest BCUT2D eigenvalue weighted by Crippen LogP contribution is -2.34. The van der Waals surface area contributed by atoms with Gasteiger partial charge in [0.05, 0.1) is 10.7 Å². The average Bonchev–Trinajstić information content (AvgIpc) is 2.55. The van der Waals surface area contributed by atoms with Crippen molar-refractivity contribution in [2.24, 2.45) is 9.98 Å². The van der Waals surface area contributed by atoms with E-state index in [-0.39, 0.29) is 16.3 Å². The smallest absolute Gasteiger partial charge is 0.318 e. The van der Waals surface area contributed by atoms with Gasteiger partial charge in [0.1, 0.15) is 0 Å². The van der Waals surface area contributed by atoms with Crippen molar-refractivity contribution in [2.75, 3.05) is 5.32 Å². The topological polar surface area (TPSA) is 70.9 Å². The van der Waals surface area contributed by atoms with E-state index in [4.69, 9.17) is 11.6 Å². The first-order chi connectivity index (χ1) is 11.8. The van der Waals surface area contributed by atoms with Crippen LogP contribution < -0.4 is 16.0 Å². The maximum atomic E-state index is 12.5. The Kier molecular flexibility index (Phi) is 4.30. The zero-order chi connectivity index (χ0) is 18.2. The lowest BCUT2D eigenvalue weighted by molar-refractivity contribution is -0.167. The number of para-hydroxylation sites is 2. The molecule has 2 aromatic carbocycles. The molecule has 1 N–H and O–H groups in total. The first kappa shape index (κ1) is 17.1. The van der Waals surface area contributed by atoms with E-state index in [0.717, 1.165) is 0 Å². The number of halogens is 4. The van der Waals surface area contributed by atoms with Crippen LogP contribution in [-0.4, -0.2) is 18.0 Å². The summed E-state index contributed by atoms with van der Waals surface area (Å²) in [5.41, 5.74) is -0.170. The fourth-order valence-electron chi connectivity index (χ4n) is 2.31. The summed E-state index contributed by atoms with van der Waals surface area (Å²) < 4.78 is 37.5. The molecule has 0 saturated heterocycles. The van der Waals surface area contributed by atoms with Crippen molar-refractivity contribution in [1.29, 1.82) is 0 Å². The quantitative estimate of drug-likeness (QED) is 0.885. The van der Waals surface area contributed by atoms with Crippen molar-refractivity contribution in [3.8, 4) is 0 Å². The maximum absolute atomic E-state index is 12.5. The second-order valence-corrected chi connectivity index (χ2v) is 5.59. The van der Waals surface area contributed by atoms with Crippen LogP contribution in [0.2, 0.25) is 5.02 Å². The number of benzene rings is 2. The van der Waals surface area contributed by atoms with Gasteiger partial charge in [0.25, 0.3) is 5.91 Å². The molecule has 1 aliphatic rings. The molecule has 9 heteroatoms. The van der Waals surface area contributed by atoms with Gasteiger partial charge in [-0.15, -0.1) is 0 Å².